The fourth-order valence-electron chi connectivity index (χ4n) is 2.61. The number of halogens is 1. The topological polar surface area (TPSA) is 125 Å². The second kappa shape index (κ2) is 9.79. The zero-order valence-corrected chi connectivity index (χ0v) is 18.0. The summed E-state index contributed by atoms with van der Waals surface area (Å²) >= 11 is 3.35. The van der Waals surface area contributed by atoms with Crippen molar-refractivity contribution in [3.8, 4) is 17.1 Å². The molecular weight excluding hydrogens is 480 g/mol. The zero-order chi connectivity index (χ0) is 22.3. The summed E-state index contributed by atoms with van der Waals surface area (Å²) in [4.78, 5) is 25.5. The molecule has 0 saturated heterocycles. The van der Waals surface area contributed by atoms with E-state index in [4.69, 9.17) is 9.15 Å². The van der Waals surface area contributed by atoms with Crippen LogP contribution in [0.2, 0.25) is 0 Å². The molecule has 4 aromatic rings. The van der Waals surface area contributed by atoms with E-state index >= 15 is 0 Å². The standard InChI is InChI=1S/C21H15BrN6O4/c22-16-8-9-17(32-21(30)18-7-4-10-31-18)15(11-16)12-23-24-19(29)13-28-26-20(25-27-28)14-5-2-1-3-6-14/h1-12H,13H2,(H,24,29)/b23-12+. The van der Waals surface area contributed by atoms with E-state index in [-0.39, 0.29) is 18.1 Å². The molecule has 0 atom stereocenters. The van der Waals surface area contributed by atoms with Crippen LogP contribution in [0, 0.1) is 0 Å². The molecule has 2 heterocycles. The number of benzene rings is 2. The quantitative estimate of drug-likeness (QED) is 0.181. The van der Waals surface area contributed by atoms with Crippen molar-refractivity contribution in [3.63, 3.8) is 0 Å². The van der Waals surface area contributed by atoms with E-state index in [1.807, 2.05) is 30.3 Å². The van der Waals surface area contributed by atoms with Gasteiger partial charge in [-0.1, -0.05) is 46.3 Å². The number of amides is 1. The van der Waals surface area contributed by atoms with Crippen molar-refractivity contribution in [1.29, 1.82) is 0 Å². The highest BCUT2D eigenvalue weighted by atomic mass is 79.9. The molecule has 0 radical (unpaired) electrons. The molecule has 160 valence electrons. The Morgan fingerprint density at radius 1 is 1.16 bits per heavy atom. The molecule has 10 nitrogen and oxygen atoms in total. The molecule has 0 saturated carbocycles. The minimum Gasteiger partial charge on any atom is -0.457 e. The number of carbonyl (C=O) groups is 2. The summed E-state index contributed by atoms with van der Waals surface area (Å²) in [5.41, 5.74) is 3.64. The first kappa shape index (κ1) is 21.1. The van der Waals surface area contributed by atoms with Crippen molar-refractivity contribution in [3.05, 3.63) is 82.7 Å². The molecule has 2 aromatic heterocycles. The third kappa shape index (κ3) is 5.32. The van der Waals surface area contributed by atoms with E-state index in [0.717, 1.165) is 10.0 Å². The van der Waals surface area contributed by atoms with Gasteiger partial charge in [-0.05, 0) is 35.5 Å². The second-order valence-electron chi connectivity index (χ2n) is 6.35. The Morgan fingerprint density at radius 3 is 2.78 bits per heavy atom. The minimum atomic E-state index is -0.650. The number of nitrogens with one attached hydrogen (secondary N) is 1. The van der Waals surface area contributed by atoms with Crippen molar-refractivity contribution in [2.45, 2.75) is 6.54 Å². The fraction of sp³-hybridized carbons (Fsp3) is 0.0476. The Hall–Kier alpha value is -4.12. The maximum absolute atomic E-state index is 12.2. The molecule has 0 unspecified atom stereocenters. The number of ether oxygens (including phenoxy) is 1. The van der Waals surface area contributed by atoms with Crippen LogP contribution < -0.4 is 10.2 Å². The molecule has 0 aliphatic heterocycles. The van der Waals surface area contributed by atoms with Crippen molar-refractivity contribution in [1.82, 2.24) is 25.6 Å². The number of nitrogens with zero attached hydrogens (tertiary/aromatic N) is 5. The van der Waals surface area contributed by atoms with Gasteiger partial charge in [0.1, 0.15) is 12.3 Å². The highest BCUT2D eigenvalue weighted by molar-refractivity contribution is 9.10. The van der Waals surface area contributed by atoms with E-state index in [1.54, 1.807) is 24.3 Å². The minimum absolute atomic E-state index is 0.0688. The SMILES string of the molecule is O=C(Cn1nnc(-c2ccccc2)n1)N/N=C/c1cc(Br)ccc1OC(=O)c1ccco1. The van der Waals surface area contributed by atoms with Gasteiger partial charge in [-0.2, -0.15) is 9.90 Å². The Labute approximate surface area is 190 Å². The van der Waals surface area contributed by atoms with Gasteiger partial charge in [0.05, 0.1) is 12.5 Å². The lowest BCUT2D eigenvalue weighted by atomic mass is 10.2. The first-order chi connectivity index (χ1) is 15.6. The van der Waals surface area contributed by atoms with Crippen molar-refractivity contribution in [2.75, 3.05) is 0 Å². The number of esters is 1. The van der Waals surface area contributed by atoms with Gasteiger partial charge in [0.25, 0.3) is 5.91 Å². The Morgan fingerprint density at radius 2 is 2.00 bits per heavy atom. The lowest BCUT2D eigenvalue weighted by Crippen LogP contribution is -2.24. The third-order valence-corrected chi connectivity index (χ3v) is 4.55. The Bertz CT molecular complexity index is 1250. The highest BCUT2D eigenvalue weighted by Crippen LogP contribution is 2.23. The molecule has 0 aliphatic rings. The van der Waals surface area contributed by atoms with E-state index in [2.05, 4.69) is 41.9 Å². The van der Waals surface area contributed by atoms with Crippen LogP contribution in [0.4, 0.5) is 0 Å². The Balaban J connectivity index is 1.38. The number of hydrogen-bond donors (Lipinski definition) is 1. The average Bonchev–Trinajstić information content (AvgIpc) is 3.49. The summed E-state index contributed by atoms with van der Waals surface area (Å²) in [5.74, 6) is -0.374. The van der Waals surface area contributed by atoms with Gasteiger partial charge >= 0.3 is 5.97 Å². The predicted octanol–water partition coefficient (Wildman–Crippen LogP) is 3.07. The molecule has 1 N–H and O–H groups in total. The number of hydrogen-bond acceptors (Lipinski definition) is 8. The summed E-state index contributed by atoms with van der Waals surface area (Å²) < 4.78 is 11.1. The maximum Gasteiger partial charge on any atom is 0.379 e. The van der Waals surface area contributed by atoms with E-state index in [9.17, 15) is 9.59 Å². The predicted molar refractivity (Wildman–Crippen MR) is 117 cm³/mol. The fourth-order valence-corrected chi connectivity index (χ4v) is 2.99. The van der Waals surface area contributed by atoms with Gasteiger partial charge in [-0.25, -0.2) is 10.2 Å². The smallest absolute Gasteiger partial charge is 0.379 e. The molecule has 11 heteroatoms. The maximum atomic E-state index is 12.2. The van der Waals surface area contributed by atoms with Crippen LogP contribution in [0.3, 0.4) is 0 Å². The summed E-state index contributed by atoms with van der Waals surface area (Å²) in [6.07, 6.45) is 2.74. The molecule has 32 heavy (non-hydrogen) atoms. The molecule has 4 rings (SSSR count). The molecular formula is C21H15BrN6O4. The average molecular weight is 495 g/mol. The van der Waals surface area contributed by atoms with Gasteiger partial charge in [-0.15, -0.1) is 10.2 Å². The number of tetrazole rings is 1. The van der Waals surface area contributed by atoms with E-state index < -0.39 is 11.9 Å². The van der Waals surface area contributed by atoms with Gasteiger partial charge in [-0.3, -0.25) is 4.79 Å². The molecule has 1 amide bonds. The lowest BCUT2D eigenvalue weighted by Gasteiger charge is -2.06. The van der Waals surface area contributed by atoms with E-state index in [1.165, 1.54) is 23.3 Å². The zero-order valence-electron chi connectivity index (χ0n) is 16.4. The van der Waals surface area contributed by atoms with Crippen LogP contribution in [-0.4, -0.2) is 38.3 Å². The van der Waals surface area contributed by atoms with Crippen LogP contribution in [0.15, 0.2) is 80.9 Å². The monoisotopic (exact) mass is 494 g/mol. The van der Waals surface area contributed by atoms with Gasteiger partial charge in [0.15, 0.2) is 0 Å². The number of aromatic nitrogens is 4. The van der Waals surface area contributed by atoms with Crippen LogP contribution in [0.1, 0.15) is 16.1 Å². The van der Waals surface area contributed by atoms with Crippen LogP contribution in [-0.2, 0) is 11.3 Å². The molecule has 0 aliphatic carbocycles. The van der Waals surface area contributed by atoms with Crippen molar-refractivity contribution < 1.29 is 18.7 Å². The largest absolute Gasteiger partial charge is 0.457 e. The van der Waals surface area contributed by atoms with Crippen molar-refractivity contribution in [2.24, 2.45) is 5.10 Å². The summed E-state index contributed by atoms with van der Waals surface area (Å²) in [6, 6.07) is 17.4. The number of carbonyl (C=O) groups excluding carboxylic acids is 2. The van der Waals surface area contributed by atoms with Crippen molar-refractivity contribution >= 4 is 34.0 Å². The number of furan rings is 1. The second-order valence-corrected chi connectivity index (χ2v) is 7.27. The number of rotatable bonds is 7. The van der Waals surface area contributed by atoms with Crippen LogP contribution >= 0.6 is 15.9 Å². The summed E-state index contributed by atoms with van der Waals surface area (Å²) in [6.45, 7) is -0.171. The summed E-state index contributed by atoms with van der Waals surface area (Å²) in [5, 5.41) is 15.9. The van der Waals surface area contributed by atoms with Gasteiger partial charge in [0.2, 0.25) is 11.6 Å². The summed E-state index contributed by atoms with van der Waals surface area (Å²) in [7, 11) is 0. The van der Waals surface area contributed by atoms with Crippen LogP contribution in [0.25, 0.3) is 11.4 Å². The Kier molecular flexibility index (Phi) is 6.46. The highest BCUT2D eigenvalue weighted by Gasteiger charge is 2.14. The van der Waals surface area contributed by atoms with E-state index in [0.29, 0.717) is 11.4 Å². The third-order valence-electron chi connectivity index (χ3n) is 4.06. The van der Waals surface area contributed by atoms with Gasteiger partial charge in [0, 0.05) is 15.6 Å². The molecule has 0 fully saturated rings. The molecule has 0 spiro atoms. The normalized spacial score (nSPS) is 10.9. The van der Waals surface area contributed by atoms with Crippen LogP contribution in [0.5, 0.6) is 5.75 Å². The first-order valence-electron chi connectivity index (χ1n) is 9.29. The number of hydrazone groups is 1. The lowest BCUT2D eigenvalue weighted by molar-refractivity contribution is -0.122. The van der Waals surface area contributed by atoms with Gasteiger partial charge < -0.3 is 9.15 Å². The molecule has 0 bridgehead atoms. The molecule has 2 aromatic carbocycles. The first-order valence-corrected chi connectivity index (χ1v) is 10.1.